The Hall–Kier alpha value is -1.80. The van der Waals surface area contributed by atoms with Crippen LogP contribution in [0.25, 0.3) is 0 Å². The molecule has 0 saturated carbocycles. The van der Waals surface area contributed by atoms with Crippen molar-refractivity contribution in [1.82, 2.24) is 0 Å². The van der Waals surface area contributed by atoms with Crippen LogP contribution in [0.5, 0.6) is 0 Å². The summed E-state index contributed by atoms with van der Waals surface area (Å²) in [7, 11) is 1.31. The van der Waals surface area contributed by atoms with Gasteiger partial charge in [0.15, 0.2) is 0 Å². The van der Waals surface area contributed by atoms with Crippen molar-refractivity contribution < 1.29 is 37.3 Å². The predicted octanol–water partition coefficient (Wildman–Crippen LogP) is 12.7. The minimum Gasteiger partial charge on any atom is -0.756 e. The van der Waals surface area contributed by atoms with Crippen LogP contribution in [-0.4, -0.2) is 70.7 Å². The van der Waals surface area contributed by atoms with Gasteiger partial charge >= 0.3 is 5.97 Å². The van der Waals surface area contributed by atoms with E-state index in [1.807, 2.05) is 21.1 Å². The molecule has 56 heavy (non-hydrogen) atoms. The Bertz CT molecular complexity index is 1080. The number of hydrogen-bond acceptors (Lipinski definition) is 7. The maximum Gasteiger partial charge on any atom is 0.306 e. The number of phosphoric ester groups is 1. The number of carbonyl (C=O) groups excluding carboxylic acids is 1. The van der Waals surface area contributed by atoms with Gasteiger partial charge < -0.3 is 27.9 Å². The molecule has 0 bridgehead atoms. The Kier molecular flexibility index (Phi) is 38.7. The third-order valence-corrected chi connectivity index (χ3v) is 10.3. The van der Waals surface area contributed by atoms with Crippen molar-refractivity contribution in [3.8, 4) is 0 Å². The zero-order valence-corrected chi connectivity index (χ0v) is 37.7. The van der Waals surface area contributed by atoms with E-state index < -0.39 is 13.9 Å². The standard InChI is InChI=1S/C47H86NO7P/c1-6-8-10-12-14-16-18-20-22-24-25-26-28-30-32-34-36-38-40-47(49)55-46(45-54-56(50,51)53-43-41-48(3,4)5)44-52-42-39-37-35-33-31-29-27-23-21-19-17-15-13-11-9-7-2/h9,11,15,17,21,23,29,31,35,37,46H,6-8,10,12-14,16,18-20,22,24-28,30,32-34,36,38-45H2,1-5H3/b11-9-,17-15-,23-21-,31-29-,37-35-. The molecule has 0 aliphatic carbocycles. The summed E-state index contributed by atoms with van der Waals surface area (Å²) in [6.07, 6.45) is 49.7. The van der Waals surface area contributed by atoms with E-state index in [0.717, 1.165) is 51.4 Å². The summed E-state index contributed by atoms with van der Waals surface area (Å²) in [5.41, 5.74) is 0. The van der Waals surface area contributed by atoms with Crippen LogP contribution in [0.3, 0.4) is 0 Å². The second-order valence-corrected chi connectivity index (χ2v) is 17.4. The number of ether oxygens (including phenoxy) is 2. The molecule has 0 rings (SSSR count). The Morgan fingerprint density at radius 2 is 1.00 bits per heavy atom. The molecule has 0 aromatic carbocycles. The van der Waals surface area contributed by atoms with Gasteiger partial charge in [0.25, 0.3) is 7.82 Å². The van der Waals surface area contributed by atoms with Gasteiger partial charge in [0.05, 0.1) is 41.0 Å². The maximum atomic E-state index is 12.7. The first kappa shape index (κ1) is 54.2. The molecule has 0 aliphatic heterocycles. The van der Waals surface area contributed by atoms with Gasteiger partial charge in [-0.25, -0.2) is 0 Å². The smallest absolute Gasteiger partial charge is 0.306 e. The largest absolute Gasteiger partial charge is 0.756 e. The van der Waals surface area contributed by atoms with E-state index in [4.69, 9.17) is 18.5 Å². The zero-order valence-electron chi connectivity index (χ0n) is 36.8. The molecule has 0 fully saturated rings. The molecule has 0 N–H and O–H groups in total. The van der Waals surface area contributed by atoms with E-state index in [-0.39, 0.29) is 25.8 Å². The van der Waals surface area contributed by atoms with Gasteiger partial charge in [0.1, 0.15) is 19.3 Å². The number of quaternary nitrogens is 1. The van der Waals surface area contributed by atoms with Gasteiger partial charge in [0, 0.05) is 6.42 Å². The molecule has 326 valence electrons. The predicted molar refractivity (Wildman–Crippen MR) is 236 cm³/mol. The molecule has 0 aromatic heterocycles. The number of nitrogens with zero attached hydrogens (tertiary/aromatic N) is 1. The van der Waals surface area contributed by atoms with Gasteiger partial charge in [-0.3, -0.25) is 9.36 Å². The Balaban J connectivity index is 4.31. The molecule has 9 heteroatoms. The van der Waals surface area contributed by atoms with Crippen LogP contribution in [0, 0.1) is 0 Å². The van der Waals surface area contributed by atoms with E-state index in [0.29, 0.717) is 30.5 Å². The number of phosphoric acid groups is 1. The summed E-state index contributed by atoms with van der Waals surface area (Å²) >= 11 is 0. The van der Waals surface area contributed by atoms with Crippen molar-refractivity contribution >= 4 is 13.8 Å². The van der Waals surface area contributed by atoms with Crippen LogP contribution in [0.4, 0.5) is 0 Å². The molecule has 0 saturated heterocycles. The summed E-state index contributed by atoms with van der Waals surface area (Å²) in [6.45, 7) is 5.07. The highest BCUT2D eigenvalue weighted by atomic mass is 31.2. The number of rotatable bonds is 41. The first-order chi connectivity index (χ1) is 27.1. The molecule has 0 heterocycles. The fourth-order valence-electron chi connectivity index (χ4n) is 5.90. The Morgan fingerprint density at radius 1 is 0.571 bits per heavy atom. The number of allylic oxidation sites excluding steroid dienone is 9. The lowest BCUT2D eigenvalue weighted by atomic mass is 10.0. The van der Waals surface area contributed by atoms with Crippen LogP contribution in [0.2, 0.25) is 0 Å². The molecule has 0 amide bonds. The molecular formula is C47H86NO7P. The monoisotopic (exact) mass is 808 g/mol. The molecule has 0 spiro atoms. The van der Waals surface area contributed by atoms with Crippen molar-refractivity contribution in [2.24, 2.45) is 0 Å². The van der Waals surface area contributed by atoms with Crippen LogP contribution in [-0.2, 0) is 27.9 Å². The highest BCUT2D eigenvalue weighted by Gasteiger charge is 2.20. The van der Waals surface area contributed by atoms with Crippen molar-refractivity contribution in [1.29, 1.82) is 0 Å². The lowest BCUT2D eigenvalue weighted by molar-refractivity contribution is -0.870. The van der Waals surface area contributed by atoms with Crippen LogP contribution < -0.4 is 4.89 Å². The minimum absolute atomic E-state index is 0.0117. The van der Waals surface area contributed by atoms with Crippen molar-refractivity contribution in [2.75, 3.05) is 54.1 Å². The van der Waals surface area contributed by atoms with Crippen LogP contribution >= 0.6 is 7.82 Å². The van der Waals surface area contributed by atoms with Crippen LogP contribution in [0.1, 0.15) is 174 Å². The highest BCUT2D eigenvalue weighted by molar-refractivity contribution is 7.45. The maximum absolute atomic E-state index is 12.7. The molecule has 0 radical (unpaired) electrons. The first-order valence-corrected chi connectivity index (χ1v) is 24.0. The summed E-state index contributed by atoms with van der Waals surface area (Å²) in [6, 6.07) is 0. The summed E-state index contributed by atoms with van der Waals surface area (Å²) < 4.78 is 34.5. The minimum atomic E-state index is -4.54. The van der Waals surface area contributed by atoms with E-state index >= 15 is 0 Å². The Morgan fingerprint density at radius 3 is 1.45 bits per heavy atom. The second kappa shape index (κ2) is 40.0. The molecule has 2 unspecified atom stereocenters. The van der Waals surface area contributed by atoms with E-state index in [2.05, 4.69) is 74.6 Å². The SMILES string of the molecule is CC/C=C\C/C=C\C/C=C\C/C=C\C/C=C\CCOCC(COP(=O)([O-])OCC[N+](C)(C)C)OC(=O)CCCCCCCCCCCCCCCCCCCC. The fourth-order valence-corrected chi connectivity index (χ4v) is 6.63. The van der Waals surface area contributed by atoms with Crippen molar-refractivity contribution in [3.63, 3.8) is 0 Å². The summed E-state index contributed by atoms with van der Waals surface area (Å²) in [5, 5.41) is 0. The zero-order chi connectivity index (χ0) is 41.3. The number of likely N-dealkylation sites (N-methyl/N-ethyl adjacent to an activating group) is 1. The van der Waals surface area contributed by atoms with Crippen molar-refractivity contribution in [3.05, 3.63) is 60.8 Å². The van der Waals surface area contributed by atoms with E-state index in [9.17, 15) is 14.3 Å². The summed E-state index contributed by atoms with van der Waals surface area (Å²) in [4.78, 5) is 25.1. The lowest BCUT2D eigenvalue weighted by Crippen LogP contribution is -2.37. The fraction of sp³-hybridized carbons (Fsp3) is 0.766. The third kappa shape index (κ3) is 43.3. The quantitative estimate of drug-likeness (QED) is 0.0200. The lowest BCUT2D eigenvalue weighted by Gasteiger charge is -2.28. The molecule has 8 nitrogen and oxygen atoms in total. The molecule has 0 aromatic rings. The van der Waals surface area contributed by atoms with Gasteiger partial charge in [-0.05, 0) is 44.9 Å². The van der Waals surface area contributed by atoms with Crippen molar-refractivity contribution in [2.45, 2.75) is 180 Å². The first-order valence-electron chi connectivity index (χ1n) is 22.5. The number of unbranched alkanes of at least 4 members (excludes halogenated alkanes) is 17. The summed E-state index contributed by atoms with van der Waals surface area (Å²) in [5.74, 6) is -0.358. The topological polar surface area (TPSA) is 94.1 Å². The average molecular weight is 808 g/mol. The normalized spacial score (nSPS) is 14.3. The highest BCUT2D eigenvalue weighted by Crippen LogP contribution is 2.38. The molecule has 0 aliphatic rings. The van der Waals surface area contributed by atoms with E-state index in [1.165, 1.54) is 96.3 Å². The Labute approximate surface area is 345 Å². The second-order valence-electron chi connectivity index (χ2n) is 16.0. The molecular weight excluding hydrogens is 721 g/mol. The van der Waals surface area contributed by atoms with Gasteiger partial charge in [0.2, 0.25) is 0 Å². The number of hydrogen-bond donors (Lipinski definition) is 0. The number of carbonyl (C=O) groups is 1. The van der Waals surface area contributed by atoms with Gasteiger partial charge in [-0.1, -0.05) is 184 Å². The van der Waals surface area contributed by atoms with Crippen LogP contribution in [0.15, 0.2) is 60.8 Å². The molecule has 2 atom stereocenters. The van der Waals surface area contributed by atoms with E-state index in [1.54, 1.807) is 0 Å². The number of esters is 1. The average Bonchev–Trinajstić information content (AvgIpc) is 3.15. The van der Waals surface area contributed by atoms with Gasteiger partial charge in [-0.15, -0.1) is 0 Å². The third-order valence-electron chi connectivity index (χ3n) is 9.35. The van der Waals surface area contributed by atoms with Gasteiger partial charge in [-0.2, -0.15) is 0 Å².